The van der Waals surface area contributed by atoms with Crippen LogP contribution in [-0.2, 0) is 25.2 Å². The monoisotopic (exact) mass is 826 g/mol. The van der Waals surface area contributed by atoms with E-state index in [0.717, 1.165) is 76.7 Å². The van der Waals surface area contributed by atoms with Crippen molar-refractivity contribution in [3.8, 4) is 20.9 Å². The third-order valence-corrected chi connectivity index (χ3v) is 13.9. The van der Waals surface area contributed by atoms with E-state index < -0.39 is 23.5 Å². The third-order valence-electron chi connectivity index (χ3n) is 7.44. The molecule has 0 saturated heterocycles. The summed E-state index contributed by atoms with van der Waals surface area (Å²) < 4.78 is 82.1. The van der Waals surface area contributed by atoms with Crippen LogP contribution in [0.15, 0.2) is 93.9 Å². The summed E-state index contributed by atoms with van der Waals surface area (Å²) in [5.41, 5.74) is 0.190. The van der Waals surface area contributed by atoms with E-state index in [-0.39, 0.29) is 0 Å². The SMILES string of the molecule is FC(F)(F)c1ccc(-c2cc(Br)c(Cc3cc4cc5sc(Cc6sc(-c7ccc(C(F)(F)F)cc7)cc6Br)cc5cc4s3)s2)cc1. The number of alkyl halides is 6. The Hall–Kier alpha value is -2.48. The van der Waals surface area contributed by atoms with Crippen LogP contribution in [0.3, 0.4) is 0 Å². The number of hydrogen-bond acceptors (Lipinski definition) is 4. The highest BCUT2D eigenvalue weighted by atomic mass is 79.9. The Morgan fingerprint density at radius 3 is 1.20 bits per heavy atom. The summed E-state index contributed by atoms with van der Waals surface area (Å²) in [4.78, 5) is 6.45. The first kappa shape index (κ1) is 32.1. The fraction of sp³-hybridized carbons (Fsp3) is 0.118. The maximum absolute atomic E-state index is 13.0. The first-order valence-electron chi connectivity index (χ1n) is 13.7. The molecule has 0 nitrogen and oxygen atoms in total. The molecule has 0 saturated carbocycles. The fourth-order valence-corrected chi connectivity index (χ4v) is 11.2. The van der Waals surface area contributed by atoms with Gasteiger partial charge in [0.15, 0.2) is 0 Å². The van der Waals surface area contributed by atoms with Crippen LogP contribution < -0.4 is 0 Å². The van der Waals surface area contributed by atoms with Crippen LogP contribution in [0.2, 0.25) is 0 Å². The lowest BCUT2D eigenvalue weighted by atomic mass is 10.1. The first-order valence-corrected chi connectivity index (χ1v) is 18.5. The van der Waals surface area contributed by atoms with E-state index >= 15 is 0 Å². The Bertz CT molecular complexity index is 1990. The molecule has 0 aliphatic rings. The molecule has 0 amide bonds. The van der Waals surface area contributed by atoms with Gasteiger partial charge < -0.3 is 0 Å². The molecule has 0 bridgehead atoms. The lowest BCUT2D eigenvalue weighted by Gasteiger charge is -2.06. The zero-order valence-corrected chi connectivity index (χ0v) is 29.6. The molecule has 7 rings (SSSR count). The van der Waals surface area contributed by atoms with E-state index in [1.165, 1.54) is 54.2 Å². The minimum atomic E-state index is -4.36. The smallest absolute Gasteiger partial charge is 0.166 e. The second-order valence-electron chi connectivity index (χ2n) is 10.6. The Balaban J connectivity index is 1.08. The molecule has 7 aromatic rings. The van der Waals surface area contributed by atoms with Gasteiger partial charge in [-0.2, -0.15) is 26.3 Å². The topological polar surface area (TPSA) is 0 Å². The van der Waals surface area contributed by atoms with Gasteiger partial charge in [-0.25, -0.2) is 0 Å². The van der Waals surface area contributed by atoms with Gasteiger partial charge >= 0.3 is 12.4 Å². The summed E-state index contributed by atoms with van der Waals surface area (Å²) >= 11 is 13.9. The van der Waals surface area contributed by atoms with Gasteiger partial charge in [0, 0.05) is 60.4 Å². The quantitative estimate of drug-likeness (QED) is 0.147. The number of rotatable bonds is 6. The van der Waals surface area contributed by atoms with E-state index in [2.05, 4.69) is 56.1 Å². The first-order chi connectivity index (χ1) is 21.8. The van der Waals surface area contributed by atoms with Crippen molar-refractivity contribution in [3.63, 3.8) is 0 Å². The van der Waals surface area contributed by atoms with Crippen LogP contribution in [0.5, 0.6) is 0 Å². The fourth-order valence-electron chi connectivity index (χ4n) is 5.16. The van der Waals surface area contributed by atoms with Crippen molar-refractivity contribution in [1.29, 1.82) is 0 Å². The van der Waals surface area contributed by atoms with Crippen molar-refractivity contribution < 1.29 is 26.3 Å². The number of benzene rings is 3. The van der Waals surface area contributed by atoms with Crippen molar-refractivity contribution >= 4 is 97.4 Å². The molecular weight excluding hydrogens is 810 g/mol. The van der Waals surface area contributed by atoms with Crippen molar-refractivity contribution in [3.05, 3.63) is 125 Å². The van der Waals surface area contributed by atoms with Crippen molar-refractivity contribution in [1.82, 2.24) is 0 Å². The molecule has 0 N–H and O–H groups in total. The third kappa shape index (κ3) is 6.61. The predicted molar refractivity (Wildman–Crippen MR) is 188 cm³/mol. The zero-order valence-electron chi connectivity index (χ0n) is 23.2. The highest BCUT2D eigenvalue weighted by molar-refractivity contribution is 9.11. The second kappa shape index (κ2) is 12.2. The summed E-state index contributed by atoms with van der Waals surface area (Å²) in [5, 5.41) is 2.33. The largest absolute Gasteiger partial charge is 0.416 e. The maximum atomic E-state index is 13.0. The normalized spacial score (nSPS) is 12.5. The Morgan fingerprint density at radius 1 is 0.478 bits per heavy atom. The van der Waals surface area contributed by atoms with Gasteiger partial charge in [0.1, 0.15) is 0 Å². The summed E-state index contributed by atoms with van der Waals surface area (Å²) in [6.07, 6.45) is -7.28. The summed E-state index contributed by atoms with van der Waals surface area (Å²) in [5.74, 6) is 0. The van der Waals surface area contributed by atoms with Crippen molar-refractivity contribution in [2.45, 2.75) is 25.2 Å². The summed E-state index contributed by atoms with van der Waals surface area (Å²) in [7, 11) is 0. The lowest BCUT2D eigenvalue weighted by Crippen LogP contribution is -2.03. The predicted octanol–water partition coefficient (Wildman–Crippen LogP) is 14.3. The Kier molecular flexibility index (Phi) is 8.51. The van der Waals surface area contributed by atoms with E-state index in [4.69, 9.17) is 0 Å². The molecular formula is C34H18Br2F6S4. The van der Waals surface area contributed by atoms with E-state index in [0.29, 0.717) is 0 Å². The molecule has 46 heavy (non-hydrogen) atoms. The average molecular weight is 829 g/mol. The van der Waals surface area contributed by atoms with E-state index in [9.17, 15) is 26.3 Å². The van der Waals surface area contributed by atoms with Gasteiger partial charge in [0.05, 0.1) is 11.1 Å². The van der Waals surface area contributed by atoms with Crippen LogP contribution >= 0.6 is 77.2 Å². The molecule has 234 valence electrons. The highest BCUT2D eigenvalue weighted by Gasteiger charge is 2.31. The van der Waals surface area contributed by atoms with Crippen LogP contribution in [0.1, 0.15) is 30.6 Å². The molecule has 0 spiro atoms. The van der Waals surface area contributed by atoms with Gasteiger partial charge in [-0.1, -0.05) is 24.3 Å². The van der Waals surface area contributed by atoms with Crippen LogP contribution in [0.4, 0.5) is 26.3 Å². The molecule has 0 fully saturated rings. The lowest BCUT2D eigenvalue weighted by molar-refractivity contribution is -0.138. The highest BCUT2D eigenvalue weighted by Crippen LogP contribution is 2.42. The molecule has 0 radical (unpaired) electrons. The van der Waals surface area contributed by atoms with Crippen LogP contribution in [0.25, 0.3) is 41.1 Å². The van der Waals surface area contributed by atoms with Gasteiger partial charge in [-0.15, -0.1) is 45.3 Å². The van der Waals surface area contributed by atoms with Gasteiger partial charge in [-0.3, -0.25) is 0 Å². The molecule has 3 aromatic carbocycles. The van der Waals surface area contributed by atoms with Crippen molar-refractivity contribution in [2.75, 3.05) is 0 Å². The average Bonchev–Trinajstić information content (AvgIpc) is 3.77. The molecule has 0 aliphatic heterocycles. The van der Waals surface area contributed by atoms with Crippen LogP contribution in [-0.4, -0.2) is 0 Å². The summed E-state index contributed by atoms with van der Waals surface area (Å²) in [6.45, 7) is 0. The number of thiophene rings is 4. The van der Waals surface area contributed by atoms with Gasteiger partial charge in [-0.05, 0) is 114 Å². The molecule has 0 atom stereocenters. The number of hydrogen-bond donors (Lipinski definition) is 0. The molecule has 0 unspecified atom stereocenters. The molecule has 12 heteroatoms. The van der Waals surface area contributed by atoms with Crippen LogP contribution in [0, 0.1) is 0 Å². The van der Waals surface area contributed by atoms with Crippen molar-refractivity contribution in [2.24, 2.45) is 0 Å². The standard InChI is InChI=1S/C34H18Br2F6S4/c35-25-15-29(17-1-5-21(6-2-17)33(37,38)39)45-31(25)13-23-9-19-11-28-20(12-27(19)43-23)10-24(44-28)14-32-26(36)16-30(46-32)18-3-7-22(8-4-18)34(40,41)42/h1-12,15-16H,13-14H2. The Morgan fingerprint density at radius 2 is 0.848 bits per heavy atom. The second-order valence-corrected chi connectivity index (χ2v) is 16.9. The van der Waals surface area contributed by atoms with Gasteiger partial charge in [0.2, 0.25) is 0 Å². The molecule has 4 aromatic heterocycles. The number of fused-ring (bicyclic) bond motifs is 2. The Labute approximate surface area is 292 Å². The summed E-state index contributed by atoms with van der Waals surface area (Å²) in [6, 6.07) is 23.3. The molecule has 0 aliphatic carbocycles. The van der Waals surface area contributed by atoms with E-state index in [1.807, 2.05) is 12.1 Å². The molecule has 4 heterocycles. The minimum absolute atomic E-state index is 0.658. The van der Waals surface area contributed by atoms with E-state index in [1.54, 1.807) is 45.3 Å². The number of halogens is 8. The van der Waals surface area contributed by atoms with Gasteiger partial charge in [0.25, 0.3) is 0 Å². The maximum Gasteiger partial charge on any atom is 0.416 e. The minimum Gasteiger partial charge on any atom is -0.166 e. The zero-order chi connectivity index (χ0) is 32.4.